The second-order valence-corrected chi connectivity index (χ2v) is 9.13. The van der Waals surface area contributed by atoms with E-state index in [1.54, 1.807) is 18.2 Å². The van der Waals surface area contributed by atoms with Gasteiger partial charge in [-0.2, -0.15) is 0 Å². The van der Waals surface area contributed by atoms with Gasteiger partial charge in [0.2, 0.25) is 5.91 Å². The number of nitrogens with one attached hydrogen (secondary N) is 1. The van der Waals surface area contributed by atoms with E-state index in [9.17, 15) is 9.59 Å². The highest BCUT2D eigenvalue weighted by molar-refractivity contribution is 7.99. The van der Waals surface area contributed by atoms with E-state index in [2.05, 4.69) is 22.1 Å². The Morgan fingerprint density at radius 2 is 2.00 bits per heavy atom. The second kappa shape index (κ2) is 10.1. The smallest absolute Gasteiger partial charge is 0.341 e. The average Bonchev–Trinajstić information content (AvgIpc) is 3.27. The lowest BCUT2D eigenvalue weighted by molar-refractivity contribution is -0.113. The van der Waals surface area contributed by atoms with Gasteiger partial charge in [-0.3, -0.25) is 9.36 Å². The second-order valence-electron chi connectivity index (χ2n) is 6.53. The number of aryl methyl sites for hydroxylation is 1. The van der Waals surface area contributed by atoms with Gasteiger partial charge in [0.15, 0.2) is 11.0 Å². The first-order chi connectivity index (χ1) is 14.8. The van der Waals surface area contributed by atoms with E-state index >= 15 is 0 Å². The Balaban J connectivity index is 1.75. The largest absolute Gasteiger partial charge is 0.465 e. The van der Waals surface area contributed by atoms with Crippen LogP contribution < -0.4 is 5.32 Å². The predicted molar refractivity (Wildman–Crippen MR) is 125 cm³/mol. The van der Waals surface area contributed by atoms with Gasteiger partial charge >= 0.3 is 5.97 Å². The van der Waals surface area contributed by atoms with Crippen LogP contribution in [0.25, 0.3) is 11.4 Å². The topological polar surface area (TPSA) is 86.1 Å². The molecule has 10 heteroatoms. The van der Waals surface area contributed by atoms with E-state index in [1.807, 2.05) is 30.5 Å². The van der Waals surface area contributed by atoms with Crippen molar-refractivity contribution in [3.8, 4) is 11.4 Å². The zero-order valence-corrected chi connectivity index (χ0v) is 19.7. The minimum atomic E-state index is -0.469. The Morgan fingerprint density at radius 1 is 1.29 bits per heavy atom. The quantitative estimate of drug-likeness (QED) is 0.280. The minimum Gasteiger partial charge on any atom is -0.465 e. The molecule has 0 saturated carbocycles. The van der Waals surface area contributed by atoms with E-state index in [0.717, 1.165) is 16.0 Å². The number of allylic oxidation sites excluding steroid dienone is 1. The summed E-state index contributed by atoms with van der Waals surface area (Å²) in [5.74, 6) is 0.0460. The first-order valence-electron chi connectivity index (χ1n) is 9.26. The fourth-order valence-corrected chi connectivity index (χ4v) is 4.80. The summed E-state index contributed by atoms with van der Waals surface area (Å²) in [5.41, 5.74) is 2.06. The molecule has 0 atom stereocenters. The summed E-state index contributed by atoms with van der Waals surface area (Å²) in [7, 11) is 1.32. The SMILES string of the molecule is C=CCn1c(SCC(=O)Nc2sc(C)c(C)c2C(=O)OC)nnc1-c1ccc(Cl)cc1. The fraction of sp³-hybridized carbons (Fsp3) is 0.238. The van der Waals surface area contributed by atoms with E-state index in [1.165, 1.54) is 30.2 Å². The highest BCUT2D eigenvalue weighted by Crippen LogP contribution is 2.33. The summed E-state index contributed by atoms with van der Waals surface area (Å²) in [6.07, 6.45) is 1.74. The summed E-state index contributed by atoms with van der Waals surface area (Å²) in [5, 5.41) is 13.0. The molecule has 0 unspecified atom stereocenters. The molecule has 1 N–H and O–H groups in total. The van der Waals surface area contributed by atoms with Crippen molar-refractivity contribution in [1.82, 2.24) is 14.8 Å². The van der Waals surface area contributed by atoms with Crippen LogP contribution in [0.1, 0.15) is 20.8 Å². The maximum atomic E-state index is 12.6. The van der Waals surface area contributed by atoms with Crippen molar-refractivity contribution in [3.63, 3.8) is 0 Å². The lowest BCUT2D eigenvalue weighted by Crippen LogP contribution is -2.16. The monoisotopic (exact) mass is 476 g/mol. The van der Waals surface area contributed by atoms with Crippen LogP contribution in [0.15, 0.2) is 42.1 Å². The predicted octanol–water partition coefficient (Wildman–Crippen LogP) is 4.98. The molecule has 3 rings (SSSR count). The molecule has 0 aliphatic heterocycles. The molecule has 0 aliphatic carbocycles. The number of carbonyl (C=O) groups is 2. The fourth-order valence-electron chi connectivity index (χ4n) is 2.86. The van der Waals surface area contributed by atoms with Gasteiger partial charge in [-0.1, -0.05) is 29.4 Å². The maximum absolute atomic E-state index is 12.6. The molecule has 0 saturated heterocycles. The summed E-state index contributed by atoms with van der Waals surface area (Å²) in [6.45, 7) is 8.01. The number of carbonyl (C=O) groups excluding carboxylic acids is 2. The molecule has 0 bridgehead atoms. The number of nitrogens with zero attached hydrogens (tertiary/aromatic N) is 3. The van der Waals surface area contributed by atoms with Crippen LogP contribution in [0, 0.1) is 13.8 Å². The number of methoxy groups -OCH3 is 1. The first kappa shape index (κ1) is 23.1. The highest BCUT2D eigenvalue weighted by atomic mass is 35.5. The molecule has 162 valence electrons. The minimum absolute atomic E-state index is 0.104. The third-order valence-corrected chi connectivity index (χ3v) is 6.83. The van der Waals surface area contributed by atoms with Crippen LogP contribution in [0.2, 0.25) is 5.02 Å². The molecular weight excluding hydrogens is 456 g/mol. The average molecular weight is 477 g/mol. The number of ether oxygens (including phenoxy) is 1. The molecule has 1 amide bonds. The van der Waals surface area contributed by atoms with Gasteiger partial charge in [-0.15, -0.1) is 28.1 Å². The number of esters is 1. The van der Waals surface area contributed by atoms with Gasteiger partial charge in [0.05, 0.1) is 18.4 Å². The van der Waals surface area contributed by atoms with Gasteiger partial charge in [0.25, 0.3) is 0 Å². The number of thioether (sulfide) groups is 1. The maximum Gasteiger partial charge on any atom is 0.341 e. The van der Waals surface area contributed by atoms with E-state index < -0.39 is 5.97 Å². The number of rotatable bonds is 8. The molecule has 0 aliphatic rings. The summed E-state index contributed by atoms with van der Waals surface area (Å²) >= 11 is 8.58. The number of halogens is 1. The molecule has 0 spiro atoms. The Hall–Kier alpha value is -2.62. The van der Waals surface area contributed by atoms with E-state index in [-0.39, 0.29) is 11.7 Å². The molecule has 1 aromatic carbocycles. The Morgan fingerprint density at radius 3 is 2.65 bits per heavy atom. The number of benzene rings is 1. The summed E-state index contributed by atoms with van der Waals surface area (Å²) in [6, 6.07) is 7.30. The molecule has 0 radical (unpaired) electrons. The number of hydrogen-bond donors (Lipinski definition) is 1. The van der Waals surface area contributed by atoms with E-state index in [0.29, 0.717) is 33.1 Å². The van der Waals surface area contributed by atoms with Crippen molar-refractivity contribution < 1.29 is 14.3 Å². The van der Waals surface area contributed by atoms with Crippen LogP contribution in [0.5, 0.6) is 0 Å². The van der Waals surface area contributed by atoms with Crippen molar-refractivity contribution in [2.24, 2.45) is 0 Å². The van der Waals surface area contributed by atoms with Crippen molar-refractivity contribution in [2.75, 3.05) is 18.2 Å². The van der Waals surface area contributed by atoms with Gasteiger partial charge in [0.1, 0.15) is 5.00 Å². The summed E-state index contributed by atoms with van der Waals surface area (Å²) in [4.78, 5) is 25.6. The number of thiophene rings is 1. The molecule has 7 nitrogen and oxygen atoms in total. The highest BCUT2D eigenvalue weighted by Gasteiger charge is 2.22. The molecule has 3 aromatic rings. The van der Waals surface area contributed by atoms with Gasteiger partial charge in [-0.05, 0) is 43.7 Å². The van der Waals surface area contributed by atoms with Crippen LogP contribution in [0.4, 0.5) is 5.00 Å². The standard InChI is InChI=1S/C21H21ClN4O3S2/c1-5-10-26-18(14-6-8-15(22)9-7-14)24-25-21(26)30-11-16(27)23-19-17(20(28)29-4)12(2)13(3)31-19/h5-9H,1,10-11H2,2-4H3,(H,23,27). The molecular formula is C21H21ClN4O3S2. The van der Waals surface area contributed by atoms with Crippen molar-refractivity contribution in [2.45, 2.75) is 25.5 Å². The van der Waals surface area contributed by atoms with Crippen molar-refractivity contribution in [3.05, 3.63) is 57.9 Å². The summed E-state index contributed by atoms with van der Waals surface area (Å²) < 4.78 is 6.73. The third-order valence-electron chi connectivity index (χ3n) is 4.49. The molecule has 2 heterocycles. The molecule has 2 aromatic heterocycles. The van der Waals surface area contributed by atoms with Crippen LogP contribution in [0.3, 0.4) is 0 Å². The number of hydrogen-bond acceptors (Lipinski definition) is 7. The number of aromatic nitrogens is 3. The van der Waals surface area contributed by atoms with Crippen molar-refractivity contribution >= 4 is 51.6 Å². The Bertz CT molecular complexity index is 1120. The zero-order valence-electron chi connectivity index (χ0n) is 17.3. The van der Waals surface area contributed by atoms with E-state index in [4.69, 9.17) is 16.3 Å². The number of amides is 1. The number of anilines is 1. The van der Waals surface area contributed by atoms with Gasteiger partial charge in [-0.25, -0.2) is 4.79 Å². The third kappa shape index (κ3) is 5.17. The van der Waals surface area contributed by atoms with Crippen LogP contribution in [-0.4, -0.2) is 39.5 Å². The Kier molecular flexibility index (Phi) is 7.53. The van der Waals surface area contributed by atoms with Crippen LogP contribution in [-0.2, 0) is 16.1 Å². The molecule has 0 fully saturated rings. The lowest BCUT2D eigenvalue weighted by atomic mass is 10.1. The normalized spacial score (nSPS) is 10.7. The van der Waals surface area contributed by atoms with Crippen LogP contribution >= 0.6 is 34.7 Å². The van der Waals surface area contributed by atoms with Gasteiger partial charge < -0.3 is 10.1 Å². The Labute approximate surface area is 193 Å². The molecule has 31 heavy (non-hydrogen) atoms. The first-order valence-corrected chi connectivity index (χ1v) is 11.4. The van der Waals surface area contributed by atoms with Crippen molar-refractivity contribution in [1.29, 1.82) is 0 Å². The zero-order chi connectivity index (χ0) is 22.5. The lowest BCUT2D eigenvalue weighted by Gasteiger charge is -2.08. The van der Waals surface area contributed by atoms with Gasteiger partial charge in [0, 0.05) is 22.0 Å².